The summed E-state index contributed by atoms with van der Waals surface area (Å²) in [6.07, 6.45) is 1.79. The highest BCUT2D eigenvalue weighted by Gasteiger charge is 2.27. The molecule has 0 saturated carbocycles. The summed E-state index contributed by atoms with van der Waals surface area (Å²) in [6.45, 7) is 1.36. The lowest BCUT2D eigenvalue weighted by Gasteiger charge is -2.31. The van der Waals surface area contributed by atoms with Crippen molar-refractivity contribution >= 4 is 38.4 Å². The topological polar surface area (TPSA) is 66.1 Å². The monoisotopic (exact) mass is 389 g/mol. The average molecular weight is 389 g/mol. The van der Waals surface area contributed by atoms with E-state index in [1.807, 2.05) is 47.4 Å². The summed E-state index contributed by atoms with van der Waals surface area (Å²) in [5.74, 6) is 0.322. The van der Waals surface area contributed by atoms with Gasteiger partial charge in [-0.2, -0.15) is 0 Å². The molecule has 1 N–H and O–H groups in total. The number of nitrogens with zero attached hydrogens (tertiary/aromatic N) is 2. The van der Waals surface area contributed by atoms with E-state index in [0.29, 0.717) is 30.1 Å². The summed E-state index contributed by atoms with van der Waals surface area (Å²) in [5, 5.41) is 1.95. The van der Waals surface area contributed by atoms with Crippen LogP contribution in [-0.4, -0.2) is 33.9 Å². The number of H-pyrrole nitrogens is 1. The van der Waals surface area contributed by atoms with Crippen LogP contribution in [0.15, 0.2) is 59.4 Å². The van der Waals surface area contributed by atoms with Crippen molar-refractivity contribution in [3.8, 4) is 0 Å². The van der Waals surface area contributed by atoms with E-state index in [2.05, 4.69) is 11.1 Å². The fourth-order valence-corrected chi connectivity index (χ4v) is 5.08. The fraction of sp³-hybridized carbons (Fsp3) is 0.227. The van der Waals surface area contributed by atoms with Crippen LogP contribution in [0.25, 0.3) is 21.1 Å². The first-order valence-electron chi connectivity index (χ1n) is 9.46. The van der Waals surface area contributed by atoms with Crippen LogP contribution < -0.4 is 5.56 Å². The van der Waals surface area contributed by atoms with Crippen LogP contribution >= 0.6 is 11.3 Å². The highest BCUT2D eigenvalue weighted by molar-refractivity contribution is 7.18. The van der Waals surface area contributed by atoms with E-state index in [1.54, 1.807) is 11.3 Å². The van der Waals surface area contributed by atoms with Gasteiger partial charge in [0.2, 0.25) is 5.56 Å². The van der Waals surface area contributed by atoms with Crippen LogP contribution in [0.5, 0.6) is 0 Å². The molecule has 1 aliphatic heterocycles. The first kappa shape index (κ1) is 17.1. The van der Waals surface area contributed by atoms with Crippen LogP contribution in [0, 0.1) is 0 Å². The molecule has 4 aromatic rings. The molecule has 1 fully saturated rings. The van der Waals surface area contributed by atoms with Gasteiger partial charge in [-0.3, -0.25) is 9.59 Å². The van der Waals surface area contributed by atoms with Crippen molar-refractivity contribution in [2.45, 2.75) is 18.8 Å². The van der Waals surface area contributed by atoms with E-state index in [1.165, 1.54) is 10.8 Å². The van der Waals surface area contributed by atoms with Gasteiger partial charge < -0.3 is 9.88 Å². The maximum Gasteiger partial charge on any atom is 0.254 e. The molecule has 1 saturated heterocycles. The number of aromatic amines is 1. The van der Waals surface area contributed by atoms with Crippen LogP contribution in [0.4, 0.5) is 0 Å². The maximum atomic E-state index is 13.1. The molecule has 2 aromatic carbocycles. The van der Waals surface area contributed by atoms with Crippen LogP contribution in [0.2, 0.25) is 0 Å². The molecule has 5 nitrogen and oxygen atoms in total. The summed E-state index contributed by atoms with van der Waals surface area (Å²) >= 11 is 1.75. The number of hydrogen-bond acceptors (Lipinski definition) is 4. The highest BCUT2D eigenvalue weighted by atomic mass is 32.1. The third-order valence-electron chi connectivity index (χ3n) is 5.42. The molecule has 0 bridgehead atoms. The van der Waals surface area contributed by atoms with Crippen molar-refractivity contribution in [3.05, 3.63) is 75.5 Å². The molecule has 3 heterocycles. The molecule has 140 valence electrons. The van der Waals surface area contributed by atoms with Crippen molar-refractivity contribution in [1.82, 2.24) is 14.9 Å². The van der Waals surface area contributed by atoms with Crippen molar-refractivity contribution in [1.29, 1.82) is 0 Å². The molecule has 0 aliphatic carbocycles. The Morgan fingerprint density at radius 1 is 1.07 bits per heavy atom. The Kier molecular flexibility index (Phi) is 4.20. The summed E-state index contributed by atoms with van der Waals surface area (Å²) < 4.78 is 1.21. The van der Waals surface area contributed by atoms with Gasteiger partial charge in [-0.05, 0) is 31.0 Å². The average Bonchev–Trinajstić information content (AvgIpc) is 3.17. The van der Waals surface area contributed by atoms with Gasteiger partial charge in [0.25, 0.3) is 5.91 Å². The zero-order chi connectivity index (χ0) is 19.1. The normalized spacial score (nSPS) is 15.4. The number of carbonyl (C=O) groups excluding carboxylic acids is 1. The standard InChI is InChI=1S/C22H19N3O2S/c26-20-13-16(15-5-1-2-6-17(15)23-20)22(27)25-11-9-14(10-12-25)21-24-18-7-3-4-8-19(18)28-21/h1-8,13-14H,9-12H2,(H,23,26). The number of nitrogens with one attached hydrogen (secondary N) is 1. The number of aromatic nitrogens is 2. The quantitative estimate of drug-likeness (QED) is 0.560. The van der Waals surface area contributed by atoms with Crippen molar-refractivity contribution in [3.63, 3.8) is 0 Å². The van der Waals surface area contributed by atoms with Crippen molar-refractivity contribution in [2.24, 2.45) is 0 Å². The lowest BCUT2D eigenvalue weighted by molar-refractivity contribution is 0.0715. The molecule has 2 aromatic heterocycles. The van der Waals surface area contributed by atoms with E-state index >= 15 is 0 Å². The van der Waals surface area contributed by atoms with Gasteiger partial charge in [0, 0.05) is 36.0 Å². The molecule has 0 spiro atoms. The number of likely N-dealkylation sites (tertiary alicyclic amines) is 1. The van der Waals surface area contributed by atoms with E-state index < -0.39 is 0 Å². The van der Waals surface area contributed by atoms with E-state index in [-0.39, 0.29) is 11.5 Å². The minimum absolute atomic E-state index is 0.0648. The molecule has 1 amide bonds. The van der Waals surface area contributed by atoms with Crippen molar-refractivity contribution in [2.75, 3.05) is 13.1 Å². The van der Waals surface area contributed by atoms with Gasteiger partial charge in [-0.15, -0.1) is 11.3 Å². The molecule has 0 unspecified atom stereocenters. The number of pyridine rings is 1. The van der Waals surface area contributed by atoms with Crippen LogP contribution in [-0.2, 0) is 0 Å². The maximum absolute atomic E-state index is 13.1. The Bertz CT molecular complexity index is 1200. The van der Waals surface area contributed by atoms with E-state index in [4.69, 9.17) is 4.98 Å². The second-order valence-corrected chi connectivity index (χ2v) is 8.24. The summed E-state index contributed by atoms with van der Waals surface area (Å²) in [4.78, 5) is 34.5. The Hall–Kier alpha value is -2.99. The highest BCUT2D eigenvalue weighted by Crippen LogP contribution is 2.34. The molecule has 0 atom stereocenters. The van der Waals surface area contributed by atoms with Gasteiger partial charge in [-0.25, -0.2) is 4.98 Å². The van der Waals surface area contributed by atoms with Crippen molar-refractivity contribution < 1.29 is 4.79 Å². The molecular formula is C22H19N3O2S. The van der Waals surface area contributed by atoms with Gasteiger partial charge in [-0.1, -0.05) is 30.3 Å². The first-order chi connectivity index (χ1) is 13.7. The zero-order valence-corrected chi connectivity index (χ0v) is 16.0. The fourth-order valence-electron chi connectivity index (χ4n) is 3.95. The summed E-state index contributed by atoms with van der Waals surface area (Å²) in [5.41, 5.74) is 1.99. The number of rotatable bonds is 2. The zero-order valence-electron chi connectivity index (χ0n) is 15.2. The molecule has 28 heavy (non-hydrogen) atoms. The Labute approximate surface area is 165 Å². The number of para-hydroxylation sites is 2. The molecule has 0 radical (unpaired) electrons. The van der Waals surface area contributed by atoms with E-state index in [0.717, 1.165) is 28.8 Å². The first-order valence-corrected chi connectivity index (χ1v) is 10.3. The number of benzene rings is 2. The Balaban J connectivity index is 1.37. The third kappa shape index (κ3) is 2.99. The second-order valence-electron chi connectivity index (χ2n) is 7.18. The molecule has 5 rings (SSSR count). The molecule has 1 aliphatic rings. The second kappa shape index (κ2) is 6.87. The number of piperidine rings is 1. The predicted octanol–water partition coefficient (Wildman–Crippen LogP) is 4.16. The predicted molar refractivity (Wildman–Crippen MR) is 112 cm³/mol. The van der Waals surface area contributed by atoms with Crippen LogP contribution in [0.3, 0.4) is 0 Å². The van der Waals surface area contributed by atoms with Gasteiger partial charge in [0.15, 0.2) is 0 Å². The van der Waals surface area contributed by atoms with Gasteiger partial charge >= 0.3 is 0 Å². The number of amides is 1. The lowest BCUT2D eigenvalue weighted by atomic mass is 9.96. The van der Waals surface area contributed by atoms with Crippen LogP contribution in [0.1, 0.15) is 34.1 Å². The molecular weight excluding hydrogens is 370 g/mol. The molecule has 6 heteroatoms. The van der Waals surface area contributed by atoms with Gasteiger partial charge in [0.1, 0.15) is 0 Å². The largest absolute Gasteiger partial charge is 0.339 e. The SMILES string of the molecule is O=C(c1cc(=O)[nH]c2ccccc12)N1CCC(c2nc3ccccc3s2)CC1. The Morgan fingerprint density at radius 3 is 2.64 bits per heavy atom. The lowest BCUT2D eigenvalue weighted by Crippen LogP contribution is -2.38. The number of hydrogen-bond donors (Lipinski definition) is 1. The minimum Gasteiger partial charge on any atom is -0.339 e. The number of carbonyl (C=O) groups is 1. The van der Waals surface area contributed by atoms with E-state index in [9.17, 15) is 9.59 Å². The smallest absolute Gasteiger partial charge is 0.254 e. The minimum atomic E-state index is -0.244. The number of fused-ring (bicyclic) bond motifs is 2. The summed E-state index contributed by atoms with van der Waals surface area (Å²) in [6, 6.07) is 17.1. The van der Waals surface area contributed by atoms with Gasteiger partial charge in [0.05, 0.1) is 20.8 Å². The summed E-state index contributed by atoms with van der Waals surface area (Å²) in [7, 11) is 0. The third-order valence-corrected chi connectivity index (χ3v) is 6.62. The number of thiazole rings is 1. The Morgan fingerprint density at radius 2 is 1.82 bits per heavy atom.